The number of amidine groups is 2. The van der Waals surface area contributed by atoms with Crippen molar-refractivity contribution in [3.63, 3.8) is 0 Å². The molecule has 4 rings (SSSR count). The van der Waals surface area contributed by atoms with Crippen LogP contribution in [0.1, 0.15) is 38.8 Å². The first-order chi connectivity index (χ1) is 14.6. The van der Waals surface area contributed by atoms with Gasteiger partial charge in [0.05, 0.1) is 12.2 Å². The van der Waals surface area contributed by atoms with Crippen molar-refractivity contribution < 1.29 is 9.53 Å². The molecule has 2 aliphatic heterocycles. The number of benzene rings is 1. The average Bonchev–Trinajstić information content (AvgIpc) is 3.37. The van der Waals surface area contributed by atoms with Crippen molar-refractivity contribution >= 4 is 39.8 Å². The zero-order chi connectivity index (χ0) is 21.1. The average molecular weight is 422 g/mol. The number of aliphatic imine (C=N–C) groups is 1. The molecule has 0 atom stereocenters. The summed E-state index contributed by atoms with van der Waals surface area (Å²) in [5.74, 6) is 0.455. The topological polar surface area (TPSA) is 83.0 Å². The van der Waals surface area contributed by atoms with Crippen LogP contribution in [0, 0.1) is 5.41 Å². The summed E-state index contributed by atoms with van der Waals surface area (Å²) in [4.78, 5) is 16.8. The largest absolute Gasteiger partial charge is 0.494 e. The van der Waals surface area contributed by atoms with Gasteiger partial charge in [0.1, 0.15) is 10.8 Å². The summed E-state index contributed by atoms with van der Waals surface area (Å²) >= 11 is 1.38. The summed E-state index contributed by atoms with van der Waals surface area (Å²) in [5.41, 5.74) is 1.95. The number of carbonyl (C=O) groups excluding carboxylic acids is 1. The summed E-state index contributed by atoms with van der Waals surface area (Å²) in [5, 5.41) is 15.9. The van der Waals surface area contributed by atoms with Crippen LogP contribution in [0.4, 0.5) is 0 Å². The maximum absolute atomic E-state index is 12.6. The van der Waals surface area contributed by atoms with Gasteiger partial charge in [-0.25, -0.2) is 0 Å². The Labute approximate surface area is 179 Å². The lowest BCUT2D eigenvalue weighted by atomic mass is 10.1. The smallest absolute Gasteiger partial charge is 0.283 e. The predicted molar refractivity (Wildman–Crippen MR) is 121 cm³/mol. The number of nitrogens with one attached hydrogen (secondary N) is 1. The van der Waals surface area contributed by atoms with Crippen LogP contribution >= 0.6 is 11.8 Å². The third-order valence-corrected chi connectivity index (χ3v) is 5.71. The van der Waals surface area contributed by atoms with E-state index in [1.807, 2.05) is 54.1 Å². The Kier molecular flexibility index (Phi) is 5.85. The molecule has 7 nitrogen and oxygen atoms in total. The highest BCUT2D eigenvalue weighted by atomic mass is 32.2. The van der Waals surface area contributed by atoms with Crippen LogP contribution in [0.3, 0.4) is 0 Å². The summed E-state index contributed by atoms with van der Waals surface area (Å²) in [6, 6.07) is 11.5. The van der Waals surface area contributed by atoms with Gasteiger partial charge in [-0.05, 0) is 74.0 Å². The number of aromatic nitrogens is 1. The van der Waals surface area contributed by atoms with Gasteiger partial charge in [0.15, 0.2) is 5.84 Å². The van der Waals surface area contributed by atoms with Crippen LogP contribution in [0.5, 0.6) is 5.75 Å². The fourth-order valence-electron chi connectivity index (χ4n) is 3.23. The molecule has 0 fully saturated rings. The van der Waals surface area contributed by atoms with Crippen molar-refractivity contribution in [2.45, 2.75) is 33.1 Å². The first-order valence-electron chi connectivity index (χ1n) is 10.0. The molecule has 0 saturated carbocycles. The number of unbranched alkanes of at least 4 members (excludes halogenated alkanes) is 1. The number of hydrogen-bond donors (Lipinski definition) is 1. The van der Waals surface area contributed by atoms with E-state index in [4.69, 9.17) is 10.1 Å². The number of carbonyl (C=O) groups is 1. The van der Waals surface area contributed by atoms with Crippen LogP contribution in [0.15, 0.2) is 58.3 Å². The molecule has 30 heavy (non-hydrogen) atoms. The van der Waals surface area contributed by atoms with Crippen molar-refractivity contribution in [3.8, 4) is 11.4 Å². The minimum atomic E-state index is -0.412. The van der Waals surface area contributed by atoms with Gasteiger partial charge < -0.3 is 9.30 Å². The lowest BCUT2D eigenvalue weighted by molar-refractivity contribution is -0.114. The van der Waals surface area contributed by atoms with Gasteiger partial charge in [-0.15, -0.1) is 0 Å². The normalized spacial score (nSPS) is 17.3. The van der Waals surface area contributed by atoms with E-state index < -0.39 is 5.91 Å². The zero-order valence-electron chi connectivity index (χ0n) is 17.0. The van der Waals surface area contributed by atoms with Crippen molar-refractivity contribution in [3.05, 3.63) is 53.9 Å². The van der Waals surface area contributed by atoms with Crippen molar-refractivity contribution in [1.29, 1.82) is 5.41 Å². The molecule has 0 spiro atoms. The Hall–Kier alpha value is -3.13. The van der Waals surface area contributed by atoms with E-state index in [1.54, 1.807) is 6.08 Å². The molecule has 0 unspecified atom stereocenters. The zero-order valence-corrected chi connectivity index (χ0v) is 17.8. The number of thioether (sulfide) groups is 1. The second-order valence-corrected chi connectivity index (χ2v) is 7.89. The molecule has 1 amide bonds. The van der Waals surface area contributed by atoms with E-state index in [-0.39, 0.29) is 11.4 Å². The molecule has 1 aromatic carbocycles. The SMILES string of the molecule is CCCCC1=NN2C(=N)/C(=C\c3cccn3-c3ccc(OCC)cc3)C(=O)N=C2S1. The van der Waals surface area contributed by atoms with E-state index in [1.165, 1.54) is 16.8 Å². The molecule has 1 N–H and O–H groups in total. The van der Waals surface area contributed by atoms with Crippen molar-refractivity contribution in [1.82, 2.24) is 9.58 Å². The minimum Gasteiger partial charge on any atom is -0.494 e. The van der Waals surface area contributed by atoms with Crippen LogP contribution < -0.4 is 4.74 Å². The monoisotopic (exact) mass is 421 g/mol. The van der Waals surface area contributed by atoms with E-state index in [2.05, 4.69) is 17.0 Å². The number of nitrogens with zero attached hydrogens (tertiary/aromatic N) is 4. The molecular weight excluding hydrogens is 398 g/mol. The molecule has 1 aromatic heterocycles. The van der Waals surface area contributed by atoms with Crippen molar-refractivity contribution in [2.75, 3.05) is 6.61 Å². The highest BCUT2D eigenvalue weighted by Gasteiger charge is 2.35. The van der Waals surface area contributed by atoms with Gasteiger partial charge in [-0.1, -0.05) is 13.3 Å². The quantitative estimate of drug-likeness (QED) is 0.658. The van der Waals surface area contributed by atoms with Gasteiger partial charge in [0.25, 0.3) is 5.91 Å². The molecule has 0 aliphatic carbocycles. The molecule has 8 heteroatoms. The van der Waals surface area contributed by atoms with Crippen LogP contribution in [-0.2, 0) is 4.79 Å². The summed E-state index contributed by atoms with van der Waals surface area (Å²) in [6.07, 6.45) is 6.53. The second-order valence-electron chi connectivity index (χ2n) is 6.85. The molecule has 3 heterocycles. The van der Waals surface area contributed by atoms with Gasteiger partial charge in [-0.2, -0.15) is 15.1 Å². The Balaban J connectivity index is 1.62. The van der Waals surface area contributed by atoms with E-state index in [9.17, 15) is 4.79 Å². The predicted octanol–water partition coefficient (Wildman–Crippen LogP) is 4.69. The molecule has 2 aromatic rings. The maximum atomic E-state index is 12.6. The molecule has 2 aliphatic rings. The highest BCUT2D eigenvalue weighted by molar-refractivity contribution is 8.26. The van der Waals surface area contributed by atoms with E-state index in [0.717, 1.165) is 41.4 Å². The number of fused-ring (bicyclic) bond motifs is 1. The molecule has 0 saturated heterocycles. The summed E-state index contributed by atoms with van der Waals surface area (Å²) in [7, 11) is 0. The number of hydrogen-bond acceptors (Lipinski definition) is 5. The third-order valence-electron chi connectivity index (χ3n) is 4.74. The van der Waals surface area contributed by atoms with Gasteiger partial charge in [-0.3, -0.25) is 10.2 Å². The number of ether oxygens (including phenoxy) is 1. The minimum absolute atomic E-state index is 0.0587. The fourth-order valence-corrected chi connectivity index (χ4v) is 4.15. The van der Waals surface area contributed by atoms with E-state index in [0.29, 0.717) is 11.8 Å². The Morgan fingerprint density at radius 2 is 2.00 bits per heavy atom. The third kappa shape index (κ3) is 3.95. The van der Waals surface area contributed by atoms with Crippen LogP contribution in [-0.4, -0.2) is 38.1 Å². The first kappa shape index (κ1) is 20.2. The second kappa shape index (κ2) is 8.71. The lowest BCUT2D eigenvalue weighted by Crippen LogP contribution is -2.35. The highest BCUT2D eigenvalue weighted by Crippen LogP contribution is 2.30. The Morgan fingerprint density at radius 3 is 2.73 bits per heavy atom. The number of hydrazone groups is 1. The van der Waals surface area contributed by atoms with Gasteiger partial charge in [0, 0.05) is 17.6 Å². The molecular formula is C22H23N5O2S. The van der Waals surface area contributed by atoms with E-state index >= 15 is 0 Å². The summed E-state index contributed by atoms with van der Waals surface area (Å²) in [6.45, 7) is 4.69. The maximum Gasteiger partial charge on any atom is 0.283 e. The Morgan fingerprint density at radius 1 is 1.20 bits per heavy atom. The molecule has 154 valence electrons. The molecule has 0 bridgehead atoms. The first-order valence-corrected chi connectivity index (χ1v) is 10.8. The van der Waals surface area contributed by atoms with Crippen LogP contribution in [0.2, 0.25) is 0 Å². The lowest BCUT2D eigenvalue weighted by Gasteiger charge is -2.20. The number of rotatable bonds is 7. The van der Waals surface area contributed by atoms with Crippen molar-refractivity contribution in [2.24, 2.45) is 10.1 Å². The standard InChI is InChI=1S/C22H23N5O2S/c1-3-5-8-19-25-27-20(23)18(21(28)24-22(27)30-19)14-16-7-6-13-26(16)15-9-11-17(12-10-15)29-4-2/h6-7,9-14,23H,3-5,8H2,1-2H3/b18-14+,23-20?. The van der Waals surface area contributed by atoms with Gasteiger partial charge >= 0.3 is 0 Å². The summed E-state index contributed by atoms with van der Waals surface area (Å²) < 4.78 is 7.46. The van der Waals surface area contributed by atoms with Crippen LogP contribution in [0.25, 0.3) is 11.8 Å². The molecule has 0 radical (unpaired) electrons. The van der Waals surface area contributed by atoms with Gasteiger partial charge in [0.2, 0.25) is 5.17 Å². The fraction of sp³-hybridized carbons (Fsp3) is 0.273. The Bertz CT molecular complexity index is 1070. The number of amides is 1.